The zero-order valence-corrected chi connectivity index (χ0v) is 8.28. The second-order valence-electron chi connectivity index (χ2n) is 3.93. The molecule has 0 aromatic rings. The molecule has 0 spiro atoms. The van der Waals surface area contributed by atoms with Crippen LogP contribution in [0.2, 0.25) is 0 Å². The smallest absolute Gasteiger partial charge is 0.291 e. The van der Waals surface area contributed by atoms with Crippen LogP contribution in [-0.2, 0) is 9.53 Å². The van der Waals surface area contributed by atoms with E-state index >= 15 is 0 Å². The van der Waals surface area contributed by atoms with Gasteiger partial charge in [-0.3, -0.25) is 4.79 Å². The maximum absolute atomic E-state index is 11.2. The first-order chi connectivity index (χ1) is 6.00. The highest BCUT2D eigenvalue weighted by Crippen LogP contribution is 2.21. The second kappa shape index (κ2) is 3.77. The van der Waals surface area contributed by atoms with Crippen LogP contribution < -0.4 is 5.73 Å². The van der Waals surface area contributed by atoms with E-state index in [1.165, 1.54) is 0 Å². The van der Waals surface area contributed by atoms with Gasteiger partial charge in [0.15, 0.2) is 6.10 Å². The number of carbonyl (C=O) groups is 1. The molecule has 74 valence electrons. The van der Waals surface area contributed by atoms with Crippen molar-refractivity contribution in [2.24, 2.45) is 22.6 Å². The van der Waals surface area contributed by atoms with E-state index in [-0.39, 0.29) is 17.8 Å². The molecule has 0 aromatic carbocycles. The second-order valence-corrected chi connectivity index (χ2v) is 3.93. The molecule has 4 heteroatoms. The van der Waals surface area contributed by atoms with Crippen molar-refractivity contribution in [2.75, 3.05) is 0 Å². The third-order valence-corrected chi connectivity index (χ3v) is 2.07. The van der Waals surface area contributed by atoms with E-state index in [4.69, 9.17) is 10.5 Å². The Labute approximate surface area is 78.2 Å². The summed E-state index contributed by atoms with van der Waals surface area (Å²) in [6.45, 7) is 6.21. The Balaban J connectivity index is 2.50. The van der Waals surface area contributed by atoms with Crippen LogP contribution in [0.3, 0.4) is 0 Å². The van der Waals surface area contributed by atoms with Gasteiger partial charge in [0.2, 0.25) is 0 Å². The molecule has 1 amide bonds. The first kappa shape index (κ1) is 10.0. The monoisotopic (exact) mass is 184 g/mol. The third-order valence-electron chi connectivity index (χ3n) is 2.07. The van der Waals surface area contributed by atoms with E-state index in [1.807, 2.05) is 6.92 Å². The normalized spacial score (nSPS) is 24.5. The van der Waals surface area contributed by atoms with Crippen LogP contribution in [0.1, 0.15) is 27.2 Å². The van der Waals surface area contributed by atoms with Crippen molar-refractivity contribution in [3.63, 3.8) is 0 Å². The van der Waals surface area contributed by atoms with Crippen LogP contribution in [0.4, 0.5) is 0 Å². The lowest BCUT2D eigenvalue weighted by atomic mass is 9.94. The quantitative estimate of drug-likeness (QED) is 0.709. The molecule has 0 fully saturated rings. The Kier molecular flexibility index (Phi) is 2.90. The molecule has 2 unspecified atom stereocenters. The Bertz CT molecular complexity index is 236. The fourth-order valence-electron chi connectivity index (χ4n) is 1.61. The van der Waals surface area contributed by atoms with Gasteiger partial charge in [0.1, 0.15) is 0 Å². The van der Waals surface area contributed by atoms with Crippen molar-refractivity contribution >= 4 is 11.9 Å². The van der Waals surface area contributed by atoms with Gasteiger partial charge in [-0.15, -0.1) is 0 Å². The lowest BCUT2D eigenvalue weighted by Crippen LogP contribution is -2.28. The van der Waals surface area contributed by atoms with Crippen LogP contribution >= 0.6 is 0 Å². The molecule has 4 nitrogen and oxygen atoms in total. The predicted molar refractivity (Wildman–Crippen MR) is 50.1 cm³/mol. The van der Waals surface area contributed by atoms with Crippen molar-refractivity contribution in [1.29, 1.82) is 0 Å². The lowest BCUT2D eigenvalue weighted by molar-refractivity contribution is -0.124. The van der Waals surface area contributed by atoms with Gasteiger partial charge in [-0.25, -0.2) is 0 Å². The first-order valence-corrected chi connectivity index (χ1v) is 4.55. The Morgan fingerprint density at radius 1 is 1.54 bits per heavy atom. The van der Waals surface area contributed by atoms with Gasteiger partial charge >= 0.3 is 0 Å². The molecule has 2 atom stereocenters. The molecule has 0 radical (unpaired) electrons. The average molecular weight is 184 g/mol. The molecule has 1 aliphatic heterocycles. The van der Waals surface area contributed by atoms with Crippen molar-refractivity contribution in [3.05, 3.63) is 0 Å². The predicted octanol–water partition coefficient (Wildman–Crippen LogP) is 0.909. The van der Waals surface area contributed by atoms with Gasteiger partial charge in [-0.05, 0) is 12.3 Å². The van der Waals surface area contributed by atoms with Crippen LogP contribution in [-0.4, -0.2) is 18.0 Å². The summed E-state index contributed by atoms with van der Waals surface area (Å²) in [6, 6.07) is 0.00519. The maximum atomic E-state index is 11.2. The molecule has 1 aliphatic rings. The molecule has 2 N–H and O–H groups in total. The minimum absolute atomic E-state index is 0.00519. The fourth-order valence-corrected chi connectivity index (χ4v) is 1.61. The van der Waals surface area contributed by atoms with E-state index in [2.05, 4.69) is 18.8 Å². The Morgan fingerprint density at radius 3 is 2.54 bits per heavy atom. The number of hydrogen-bond donors (Lipinski definition) is 1. The van der Waals surface area contributed by atoms with E-state index in [0.29, 0.717) is 5.92 Å². The molecule has 0 aliphatic carbocycles. The number of ether oxygens (including phenoxy) is 1. The molecule has 1 heterocycles. The maximum Gasteiger partial charge on any atom is 0.291 e. The topological polar surface area (TPSA) is 64.7 Å². The number of amides is 1. The Hall–Kier alpha value is -1.06. The zero-order valence-electron chi connectivity index (χ0n) is 8.28. The summed E-state index contributed by atoms with van der Waals surface area (Å²) in [5.41, 5.74) is 5.29. The zero-order chi connectivity index (χ0) is 10.0. The summed E-state index contributed by atoms with van der Waals surface area (Å²) in [7, 11) is 0. The van der Waals surface area contributed by atoms with Crippen LogP contribution in [0, 0.1) is 11.8 Å². The van der Waals surface area contributed by atoms with Gasteiger partial charge in [0.25, 0.3) is 11.9 Å². The fraction of sp³-hybridized carbons (Fsp3) is 0.778. The van der Waals surface area contributed by atoms with Crippen molar-refractivity contribution in [1.82, 2.24) is 0 Å². The summed E-state index contributed by atoms with van der Waals surface area (Å²) >= 11 is 0. The summed E-state index contributed by atoms with van der Waals surface area (Å²) in [4.78, 5) is 14.7. The van der Waals surface area contributed by atoms with Crippen molar-refractivity contribution in [2.45, 2.75) is 33.3 Å². The van der Waals surface area contributed by atoms with E-state index in [0.717, 1.165) is 6.42 Å². The highest BCUT2D eigenvalue weighted by molar-refractivity contribution is 5.97. The van der Waals surface area contributed by atoms with Crippen molar-refractivity contribution in [3.8, 4) is 0 Å². The Morgan fingerprint density at radius 2 is 2.15 bits per heavy atom. The first-order valence-electron chi connectivity index (χ1n) is 4.55. The number of rotatable bonds is 3. The number of nitrogens with zero attached hydrogens (tertiary/aromatic N) is 1. The van der Waals surface area contributed by atoms with Crippen LogP contribution in [0.25, 0.3) is 0 Å². The van der Waals surface area contributed by atoms with Crippen molar-refractivity contribution < 1.29 is 9.53 Å². The number of nitrogens with two attached hydrogens (primary N) is 1. The number of amidine groups is 1. The molecule has 0 saturated heterocycles. The lowest BCUT2D eigenvalue weighted by Gasteiger charge is -2.18. The third kappa shape index (κ3) is 2.44. The highest BCUT2D eigenvalue weighted by atomic mass is 16.5. The summed E-state index contributed by atoms with van der Waals surface area (Å²) in [5, 5.41) is 0. The highest BCUT2D eigenvalue weighted by Gasteiger charge is 2.32. The SMILES string of the molecule is CC(C)CC(C)C1OC(N)=NC1=O. The summed E-state index contributed by atoms with van der Waals surface area (Å²) in [5.74, 6) is 0.483. The molecule has 0 aromatic heterocycles. The number of aliphatic imine (C=N–C) groups is 1. The van der Waals surface area contributed by atoms with Crippen LogP contribution in [0.5, 0.6) is 0 Å². The molecule has 1 rings (SSSR count). The standard InChI is InChI=1S/C9H16N2O2/c1-5(2)4-6(3)7-8(12)11-9(10)13-7/h5-7H,4H2,1-3H3,(H2,10,11,12). The molecule has 0 saturated carbocycles. The van der Waals surface area contributed by atoms with E-state index in [1.54, 1.807) is 0 Å². The summed E-state index contributed by atoms with van der Waals surface area (Å²) < 4.78 is 5.11. The number of hydrogen-bond acceptors (Lipinski definition) is 3. The largest absolute Gasteiger partial charge is 0.451 e. The van der Waals surface area contributed by atoms with E-state index in [9.17, 15) is 4.79 Å². The number of carbonyl (C=O) groups excluding carboxylic acids is 1. The molecular formula is C9H16N2O2. The van der Waals surface area contributed by atoms with Crippen LogP contribution in [0.15, 0.2) is 4.99 Å². The minimum Gasteiger partial charge on any atom is -0.451 e. The minimum atomic E-state index is -0.456. The molecular weight excluding hydrogens is 168 g/mol. The van der Waals surface area contributed by atoms with E-state index < -0.39 is 6.10 Å². The summed E-state index contributed by atoms with van der Waals surface area (Å²) in [6.07, 6.45) is 0.488. The van der Waals surface area contributed by atoms with Gasteiger partial charge in [-0.1, -0.05) is 20.8 Å². The van der Waals surface area contributed by atoms with Gasteiger partial charge in [0.05, 0.1) is 0 Å². The average Bonchev–Trinajstić information content (AvgIpc) is 2.28. The molecule has 0 bridgehead atoms. The van der Waals surface area contributed by atoms with Gasteiger partial charge in [-0.2, -0.15) is 4.99 Å². The molecule has 13 heavy (non-hydrogen) atoms. The van der Waals surface area contributed by atoms with Gasteiger partial charge in [0, 0.05) is 5.92 Å². The van der Waals surface area contributed by atoms with Gasteiger partial charge < -0.3 is 10.5 Å².